The van der Waals surface area contributed by atoms with E-state index in [4.69, 9.17) is 0 Å². The molecule has 0 aliphatic rings. The molecule has 0 fully saturated rings. The van der Waals surface area contributed by atoms with E-state index in [0.717, 1.165) is 34.9 Å². The fraction of sp³-hybridized carbons (Fsp3) is 0.278. The van der Waals surface area contributed by atoms with E-state index in [1.807, 2.05) is 49.4 Å². The van der Waals surface area contributed by atoms with Gasteiger partial charge in [0, 0.05) is 37.5 Å². The highest BCUT2D eigenvalue weighted by Crippen LogP contribution is 2.37. The molecule has 0 saturated carbocycles. The number of rotatable bonds is 5. The molecule has 6 nitrogen and oxygen atoms in total. The maximum absolute atomic E-state index is 11.4. The monoisotopic (exact) mass is 324 g/mol. The number of nitrogens with zero attached hydrogens (tertiary/aromatic N) is 4. The first-order chi connectivity index (χ1) is 11.5. The lowest BCUT2D eigenvalue weighted by molar-refractivity contribution is -0.383. The number of aromatic nitrogens is 1. The molecule has 2 aromatic carbocycles. The largest absolute Gasteiger partial charge is 0.305 e. The normalized spacial score (nSPS) is 11.3. The fourth-order valence-corrected chi connectivity index (χ4v) is 3.03. The third-order valence-electron chi connectivity index (χ3n) is 4.03. The summed E-state index contributed by atoms with van der Waals surface area (Å²) in [6.07, 6.45) is 0.964. The first-order valence-corrected chi connectivity index (χ1v) is 7.95. The molecule has 1 heterocycles. The maximum atomic E-state index is 11.4. The summed E-state index contributed by atoms with van der Waals surface area (Å²) in [5.41, 5.74) is 2.19. The molecule has 0 aliphatic heterocycles. The summed E-state index contributed by atoms with van der Waals surface area (Å²) in [7, 11) is 3.96. The molecule has 0 spiro atoms. The summed E-state index contributed by atoms with van der Waals surface area (Å²) >= 11 is 0. The topological polar surface area (TPSA) is 62.5 Å². The van der Waals surface area contributed by atoms with Crippen LogP contribution < -0.4 is 5.01 Å². The van der Waals surface area contributed by atoms with Crippen molar-refractivity contribution in [2.24, 2.45) is 0 Å². The van der Waals surface area contributed by atoms with Crippen molar-refractivity contribution in [2.45, 2.75) is 13.3 Å². The van der Waals surface area contributed by atoms with E-state index in [0.29, 0.717) is 5.52 Å². The van der Waals surface area contributed by atoms with Crippen LogP contribution in [0.15, 0.2) is 42.5 Å². The minimum atomic E-state index is -0.367. The van der Waals surface area contributed by atoms with Gasteiger partial charge in [0.15, 0.2) is 5.52 Å². The van der Waals surface area contributed by atoms with E-state index in [1.54, 1.807) is 6.07 Å². The summed E-state index contributed by atoms with van der Waals surface area (Å²) in [5, 5.41) is 17.4. The van der Waals surface area contributed by atoms with E-state index in [-0.39, 0.29) is 10.6 Å². The summed E-state index contributed by atoms with van der Waals surface area (Å²) in [6.45, 7) is 2.93. The molecule has 3 aromatic rings. The molecular formula is C18H20N4O2. The maximum Gasteiger partial charge on any atom is 0.295 e. The number of hydrogen-bond acceptors (Lipinski definition) is 5. The number of pyridine rings is 1. The SMILES string of the molecule is CCCN(c1c2ccccc2nc2c([N+](=O)[O-])cccc12)N(C)C. The lowest BCUT2D eigenvalue weighted by atomic mass is 10.1. The summed E-state index contributed by atoms with van der Waals surface area (Å²) in [6, 6.07) is 12.9. The van der Waals surface area contributed by atoms with Crippen molar-refractivity contribution in [1.82, 2.24) is 9.99 Å². The Bertz CT molecular complexity index is 908. The first kappa shape index (κ1) is 16.1. The molecule has 3 rings (SSSR count). The van der Waals surface area contributed by atoms with Gasteiger partial charge in [0.2, 0.25) is 0 Å². The fourth-order valence-electron chi connectivity index (χ4n) is 3.03. The minimum Gasteiger partial charge on any atom is -0.305 e. The van der Waals surface area contributed by atoms with E-state index >= 15 is 0 Å². The zero-order valence-electron chi connectivity index (χ0n) is 14.1. The highest BCUT2D eigenvalue weighted by molar-refractivity contribution is 6.09. The number of benzene rings is 2. The Morgan fingerprint density at radius 1 is 1.08 bits per heavy atom. The van der Waals surface area contributed by atoms with Crippen LogP contribution in [0.4, 0.5) is 11.4 Å². The van der Waals surface area contributed by atoms with Crippen LogP contribution in [0.25, 0.3) is 21.8 Å². The highest BCUT2D eigenvalue weighted by Gasteiger charge is 2.21. The molecule has 0 atom stereocenters. The predicted octanol–water partition coefficient (Wildman–Crippen LogP) is 3.99. The Labute approximate surface area is 140 Å². The van der Waals surface area contributed by atoms with Crippen molar-refractivity contribution in [3.8, 4) is 0 Å². The molecule has 6 heteroatoms. The van der Waals surface area contributed by atoms with Gasteiger partial charge >= 0.3 is 0 Å². The van der Waals surface area contributed by atoms with Crippen LogP contribution in [0.2, 0.25) is 0 Å². The van der Waals surface area contributed by atoms with Crippen LogP contribution in [0.3, 0.4) is 0 Å². The van der Waals surface area contributed by atoms with E-state index in [1.165, 1.54) is 6.07 Å². The average Bonchev–Trinajstić information content (AvgIpc) is 2.57. The lowest BCUT2D eigenvalue weighted by Crippen LogP contribution is -2.37. The van der Waals surface area contributed by atoms with Gasteiger partial charge in [0.1, 0.15) is 0 Å². The van der Waals surface area contributed by atoms with Crippen molar-refractivity contribution >= 4 is 33.2 Å². The molecule has 0 radical (unpaired) electrons. The smallest absolute Gasteiger partial charge is 0.295 e. The van der Waals surface area contributed by atoms with Gasteiger partial charge in [-0.25, -0.2) is 9.99 Å². The van der Waals surface area contributed by atoms with Gasteiger partial charge in [0.25, 0.3) is 5.69 Å². The number of non-ortho nitro benzene ring substituents is 1. The van der Waals surface area contributed by atoms with E-state index in [9.17, 15) is 10.1 Å². The van der Waals surface area contributed by atoms with Crippen molar-refractivity contribution in [1.29, 1.82) is 0 Å². The number of nitro benzene ring substituents is 1. The number of anilines is 1. The molecular weight excluding hydrogens is 304 g/mol. The molecule has 0 N–H and O–H groups in total. The third kappa shape index (κ3) is 2.65. The van der Waals surface area contributed by atoms with Crippen molar-refractivity contribution in [3.05, 3.63) is 52.6 Å². The second-order valence-electron chi connectivity index (χ2n) is 5.88. The Morgan fingerprint density at radius 3 is 2.46 bits per heavy atom. The molecule has 24 heavy (non-hydrogen) atoms. The molecule has 0 aliphatic carbocycles. The van der Waals surface area contributed by atoms with Gasteiger partial charge < -0.3 is 5.01 Å². The lowest BCUT2D eigenvalue weighted by Gasteiger charge is -2.32. The standard InChI is InChI=1S/C18H20N4O2/c1-4-12-21(20(2)3)18-13-8-5-6-10-15(13)19-17-14(18)9-7-11-16(17)22(23)24/h5-11H,4,12H2,1-3H3. The van der Waals surface area contributed by atoms with Crippen molar-refractivity contribution < 1.29 is 4.92 Å². The number of fused-ring (bicyclic) bond motifs is 2. The number of nitro groups is 1. The quantitative estimate of drug-likeness (QED) is 0.403. The molecule has 0 saturated heterocycles. The van der Waals surface area contributed by atoms with Gasteiger partial charge in [-0.1, -0.05) is 37.3 Å². The number of para-hydroxylation sites is 2. The molecule has 0 amide bonds. The molecule has 124 valence electrons. The second kappa shape index (κ2) is 6.41. The molecule has 0 unspecified atom stereocenters. The zero-order chi connectivity index (χ0) is 17.3. The van der Waals surface area contributed by atoms with Crippen LogP contribution in [-0.4, -0.2) is 35.6 Å². The van der Waals surface area contributed by atoms with E-state index in [2.05, 4.69) is 16.9 Å². The molecule has 0 bridgehead atoms. The van der Waals surface area contributed by atoms with Crippen LogP contribution in [0.5, 0.6) is 0 Å². The first-order valence-electron chi connectivity index (χ1n) is 7.95. The van der Waals surface area contributed by atoms with Crippen molar-refractivity contribution in [2.75, 3.05) is 25.6 Å². The van der Waals surface area contributed by atoms with Gasteiger partial charge in [-0.2, -0.15) is 0 Å². The van der Waals surface area contributed by atoms with E-state index < -0.39 is 0 Å². The summed E-state index contributed by atoms with van der Waals surface area (Å²) in [5.74, 6) is 0. The Kier molecular flexibility index (Phi) is 4.31. The van der Waals surface area contributed by atoms with Gasteiger partial charge in [-0.15, -0.1) is 0 Å². The minimum absolute atomic E-state index is 0.0368. The summed E-state index contributed by atoms with van der Waals surface area (Å²) in [4.78, 5) is 15.6. The van der Waals surface area contributed by atoms with Crippen LogP contribution >= 0.6 is 0 Å². The average molecular weight is 324 g/mol. The van der Waals surface area contributed by atoms with Crippen molar-refractivity contribution in [3.63, 3.8) is 0 Å². The Hall–Kier alpha value is -2.73. The Morgan fingerprint density at radius 2 is 1.79 bits per heavy atom. The number of hydrazine groups is 1. The van der Waals surface area contributed by atoms with Gasteiger partial charge in [-0.3, -0.25) is 10.1 Å². The Balaban J connectivity index is 2.46. The molecule has 1 aromatic heterocycles. The summed E-state index contributed by atoms with van der Waals surface area (Å²) < 4.78 is 0. The van der Waals surface area contributed by atoms with Crippen LogP contribution in [-0.2, 0) is 0 Å². The van der Waals surface area contributed by atoms with Crippen LogP contribution in [0.1, 0.15) is 13.3 Å². The third-order valence-corrected chi connectivity index (χ3v) is 4.03. The van der Waals surface area contributed by atoms with Gasteiger partial charge in [0.05, 0.1) is 16.1 Å². The zero-order valence-corrected chi connectivity index (χ0v) is 14.1. The van der Waals surface area contributed by atoms with Crippen LogP contribution in [0, 0.1) is 10.1 Å². The second-order valence-corrected chi connectivity index (χ2v) is 5.88. The number of hydrogen-bond donors (Lipinski definition) is 0. The highest BCUT2D eigenvalue weighted by atomic mass is 16.6. The predicted molar refractivity (Wildman–Crippen MR) is 97.2 cm³/mol. The van der Waals surface area contributed by atoms with Gasteiger partial charge in [-0.05, 0) is 12.5 Å².